The average molecular weight is 242 g/mol. The summed E-state index contributed by atoms with van der Waals surface area (Å²) in [6.07, 6.45) is 2.94. The summed E-state index contributed by atoms with van der Waals surface area (Å²) in [7, 11) is 0. The van der Waals surface area contributed by atoms with Gasteiger partial charge in [-0.15, -0.1) is 0 Å². The lowest BCUT2D eigenvalue weighted by Gasteiger charge is -2.25. The summed E-state index contributed by atoms with van der Waals surface area (Å²) in [6.45, 7) is 1.31. The molecule has 0 bridgehead atoms. The molecule has 3 N–H and O–H groups in total. The van der Waals surface area contributed by atoms with Crippen LogP contribution in [-0.4, -0.2) is 48.8 Å². The SMILES string of the molecule is O=C(O)C1COCC1NC(=O)[C@@H]1CCCCN1. The van der Waals surface area contributed by atoms with Crippen molar-refractivity contribution in [3.05, 3.63) is 0 Å². The van der Waals surface area contributed by atoms with Crippen molar-refractivity contribution in [3.8, 4) is 0 Å². The first kappa shape index (κ1) is 12.3. The van der Waals surface area contributed by atoms with Crippen LogP contribution >= 0.6 is 0 Å². The van der Waals surface area contributed by atoms with Crippen LogP contribution in [0.2, 0.25) is 0 Å². The molecule has 3 atom stereocenters. The number of carbonyl (C=O) groups excluding carboxylic acids is 1. The van der Waals surface area contributed by atoms with Crippen LogP contribution in [0, 0.1) is 5.92 Å². The Labute approximate surface area is 99.7 Å². The van der Waals surface area contributed by atoms with Gasteiger partial charge in [-0.2, -0.15) is 0 Å². The van der Waals surface area contributed by atoms with Crippen LogP contribution in [0.4, 0.5) is 0 Å². The highest BCUT2D eigenvalue weighted by Gasteiger charge is 2.36. The van der Waals surface area contributed by atoms with Crippen LogP contribution in [0.25, 0.3) is 0 Å². The van der Waals surface area contributed by atoms with E-state index in [1.807, 2.05) is 0 Å². The van der Waals surface area contributed by atoms with E-state index in [2.05, 4.69) is 10.6 Å². The highest BCUT2D eigenvalue weighted by molar-refractivity contribution is 5.83. The Morgan fingerprint density at radius 2 is 2.12 bits per heavy atom. The van der Waals surface area contributed by atoms with E-state index in [4.69, 9.17) is 9.84 Å². The van der Waals surface area contributed by atoms with Gasteiger partial charge in [-0.1, -0.05) is 6.42 Å². The van der Waals surface area contributed by atoms with Crippen LogP contribution in [0.5, 0.6) is 0 Å². The number of carboxylic acids is 1. The number of carbonyl (C=O) groups is 2. The van der Waals surface area contributed by atoms with Crippen molar-refractivity contribution in [2.75, 3.05) is 19.8 Å². The lowest BCUT2D eigenvalue weighted by molar-refractivity contribution is -0.142. The van der Waals surface area contributed by atoms with Crippen molar-refractivity contribution in [1.29, 1.82) is 0 Å². The van der Waals surface area contributed by atoms with Gasteiger partial charge >= 0.3 is 5.97 Å². The molecule has 2 heterocycles. The number of hydrogen-bond acceptors (Lipinski definition) is 4. The highest BCUT2D eigenvalue weighted by Crippen LogP contribution is 2.15. The second-order valence-corrected chi connectivity index (χ2v) is 4.60. The van der Waals surface area contributed by atoms with E-state index < -0.39 is 17.9 Å². The summed E-state index contributed by atoms with van der Waals surface area (Å²) in [4.78, 5) is 22.8. The zero-order valence-corrected chi connectivity index (χ0v) is 9.65. The standard InChI is InChI=1S/C11H18N2O4/c14-10(8-3-1-2-4-12-8)13-9-6-17-5-7(9)11(15)16/h7-9,12H,1-6H2,(H,13,14)(H,15,16)/t7?,8-,9?/m0/s1. The van der Waals surface area contributed by atoms with Gasteiger partial charge in [0.1, 0.15) is 5.92 Å². The molecule has 2 aliphatic rings. The molecule has 0 spiro atoms. The molecular formula is C11H18N2O4. The maximum absolute atomic E-state index is 11.9. The number of ether oxygens (including phenoxy) is 1. The maximum Gasteiger partial charge on any atom is 0.311 e. The van der Waals surface area contributed by atoms with Crippen molar-refractivity contribution in [2.45, 2.75) is 31.3 Å². The molecule has 6 nitrogen and oxygen atoms in total. The Bertz CT molecular complexity index is 302. The molecule has 0 aromatic rings. The van der Waals surface area contributed by atoms with Crippen LogP contribution < -0.4 is 10.6 Å². The van der Waals surface area contributed by atoms with Gasteiger partial charge < -0.3 is 20.5 Å². The number of carboxylic acid groups (broad SMARTS) is 1. The second kappa shape index (κ2) is 5.46. The number of aliphatic carboxylic acids is 1. The molecule has 1 amide bonds. The first-order valence-electron chi connectivity index (χ1n) is 6.03. The molecule has 2 unspecified atom stereocenters. The zero-order chi connectivity index (χ0) is 12.3. The number of amides is 1. The average Bonchev–Trinajstić information content (AvgIpc) is 2.78. The normalized spacial score (nSPS) is 33.3. The number of hydrogen-bond donors (Lipinski definition) is 3. The highest BCUT2D eigenvalue weighted by atomic mass is 16.5. The Hall–Kier alpha value is -1.14. The quantitative estimate of drug-likeness (QED) is 0.612. The van der Waals surface area contributed by atoms with E-state index in [9.17, 15) is 9.59 Å². The molecule has 2 rings (SSSR count). The maximum atomic E-state index is 11.9. The van der Waals surface area contributed by atoms with Gasteiger partial charge in [0.15, 0.2) is 0 Å². The minimum absolute atomic E-state index is 0.105. The molecule has 17 heavy (non-hydrogen) atoms. The predicted molar refractivity (Wildman–Crippen MR) is 59.5 cm³/mol. The molecule has 6 heteroatoms. The molecule has 0 aromatic heterocycles. The fraction of sp³-hybridized carbons (Fsp3) is 0.818. The summed E-state index contributed by atoms with van der Waals surface area (Å²) in [5.41, 5.74) is 0. The molecule has 2 saturated heterocycles. The lowest BCUT2D eigenvalue weighted by Crippen LogP contribution is -2.52. The third-order valence-corrected chi connectivity index (χ3v) is 3.35. The van der Waals surface area contributed by atoms with Crippen LogP contribution in [0.15, 0.2) is 0 Å². The Morgan fingerprint density at radius 3 is 2.76 bits per heavy atom. The second-order valence-electron chi connectivity index (χ2n) is 4.60. The van der Waals surface area contributed by atoms with E-state index in [0.717, 1.165) is 25.8 Å². The Balaban J connectivity index is 1.86. The molecule has 2 fully saturated rings. The van der Waals surface area contributed by atoms with Gasteiger partial charge in [0.2, 0.25) is 5.91 Å². The van der Waals surface area contributed by atoms with E-state index in [1.165, 1.54) is 0 Å². The third kappa shape index (κ3) is 2.95. The monoisotopic (exact) mass is 242 g/mol. The van der Waals surface area contributed by atoms with Crippen LogP contribution in [-0.2, 0) is 14.3 Å². The zero-order valence-electron chi connectivity index (χ0n) is 9.65. The molecular weight excluding hydrogens is 224 g/mol. The van der Waals surface area contributed by atoms with Crippen LogP contribution in [0.1, 0.15) is 19.3 Å². The van der Waals surface area contributed by atoms with Crippen molar-refractivity contribution in [3.63, 3.8) is 0 Å². The molecule has 0 aromatic carbocycles. The van der Waals surface area contributed by atoms with E-state index in [-0.39, 0.29) is 25.2 Å². The van der Waals surface area contributed by atoms with Crippen molar-refractivity contribution in [2.24, 2.45) is 5.92 Å². The Kier molecular flexibility index (Phi) is 3.96. The number of nitrogens with one attached hydrogen (secondary N) is 2. The summed E-state index contributed by atoms with van der Waals surface area (Å²) in [5.74, 6) is -1.64. The molecule has 0 saturated carbocycles. The van der Waals surface area contributed by atoms with Crippen molar-refractivity contribution in [1.82, 2.24) is 10.6 Å². The fourth-order valence-electron chi connectivity index (χ4n) is 2.30. The number of piperidine rings is 1. The van der Waals surface area contributed by atoms with Crippen LogP contribution in [0.3, 0.4) is 0 Å². The summed E-state index contributed by atoms with van der Waals surface area (Å²) < 4.78 is 5.10. The predicted octanol–water partition coefficient (Wildman–Crippen LogP) is -0.656. The molecule has 96 valence electrons. The number of rotatable bonds is 3. The lowest BCUT2D eigenvalue weighted by atomic mass is 10.0. The summed E-state index contributed by atoms with van der Waals surface area (Å²) in [6, 6.07) is -0.581. The molecule has 2 aliphatic heterocycles. The Morgan fingerprint density at radius 1 is 1.29 bits per heavy atom. The van der Waals surface area contributed by atoms with E-state index in [1.54, 1.807) is 0 Å². The van der Waals surface area contributed by atoms with Gasteiger partial charge in [0, 0.05) is 0 Å². The minimum Gasteiger partial charge on any atom is -0.481 e. The smallest absolute Gasteiger partial charge is 0.311 e. The molecule has 0 aliphatic carbocycles. The van der Waals surface area contributed by atoms with Crippen molar-refractivity contribution < 1.29 is 19.4 Å². The van der Waals surface area contributed by atoms with E-state index in [0.29, 0.717) is 0 Å². The summed E-state index contributed by atoms with van der Waals surface area (Å²) in [5, 5.41) is 14.9. The van der Waals surface area contributed by atoms with Gasteiger partial charge in [0.05, 0.1) is 25.3 Å². The third-order valence-electron chi connectivity index (χ3n) is 3.35. The fourth-order valence-corrected chi connectivity index (χ4v) is 2.30. The first-order chi connectivity index (χ1) is 8.18. The topological polar surface area (TPSA) is 87.7 Å². The van der Waals surface area contributed by atoms with Gasteiger partial charge in [0.25, 0.3) is 0 Å². The van der Waals surface area contributed by atoms with Gasteiger partial charge in [-0.25, -0.2) is 0 Å². The minimum atomic E-state index is -0.913. The first-order valence-corrected chi connectivity index (χ1v) is 6.03. The summed E-state index contributed by atoms with van der Waals surface area (Å²) >= 11 is 0. The van der Waals surface area contributed by atoms with E-state index >= 15 is 0 Å². The molecule has 0 radical (unpaired) electrons. The van der Waals surface area contributed by atoms with Gasteiger partial charge in [-0.05, 0) is 19.4 Å². The largest absolute Gasteiger partial charge is 0.481 e. The van der Waals surface area contributed by atoms with Gasteiger partial charge in [-0.3, -0.25) is 9.59 Å². The van der Waals surface area contributed by atoms with Crippen molar-refractivity contribution >= 4 is 11.9 Å².